The molecule has 0 spiro atoms. The molecule has 1 heterocycles. The van der Waals surface area contributed by atoms with Gasteiger partial charge < -0.3 is 4.90 Å². The molecular weight excluding hydrogens is 314 g/mol. The molecule has 2 nitrogen and oxygen atoms in total. The third kappa shape index (κ3) is 3.99. The van der Waals surface area contributed by atoms with Gasteiger partial charge in [0.05, 0.1) is 0 Å². The minimum Gasteiger partial charge on any atom is -0.342 e. The SMILES string of the molecule is CC(C)C1CCC(=O)N(CC2(CBr)CCCCC2)CC1. The summed E-state index contributed by atoms with van der Waals surface area (Å²) in [5.74, 6) is 1.84. The molecule has 116 valence electrons. The Bertz CT molecular complexity index is 323. The van der Waals surface area contributed by atoms with Crippen LogP contribution >= 0.6 is 15.9 Å². The van der Waals surface area contributed by atoms with Gasteiger partial charge in [-0.2, -0.15) is 0 Å². The van der Waals surface area contributed by atoms with Crippen molar-refractivity contribution in [3.8, 4) is 0 Å². The maximum Gasteiger partial charge on any atom is 0.222 e. The predicted molar refractivity (Wildman–Crippen MR) is 88.1 cm³/mol. The molecule has 0 aromatic heterocycles. The van der Waals surface area contributed by atoms with Crippen LogP contribution in [0.1, 0.15) is 65.2 Å². The number of hydrogen-bond donors (Lipinski definition) is 0. The van der Waals surface area contributed by atoms with E-state index in [-0.39, 0.29) is 0 Å². The highest BCUT2D eigenvalue weighted by molar-refractivity contribution is 9.09. The molecule has 0 aromatic carbocycles. The molecule has 0 aromatic rings. The van der Waals surface area contributed by atoms with E-state index < -0.39 is 0 Å². The Morgan fingerprint density at radius 1 is 1.25 bits per heavy atom. The quantitative estimate of drug-likeness (QED) is 0.682. The van der Waals surface area contributed by atoms with Crippen molar-refractivity contribution in [2.75, 3.05) is 18.4 Å². The second-order valence-corrected chi connectivity index (χ2v) is 7.90. The number of carbonyl (C=O) groups is 1. The summed E-state index contributed by atoms with van der Waals surface area (Å²) in [6.45, 7) is 6.57. The highest BCUT2D eigenvalue weighted by Crippen LogP contribution is 2.39. The van der Waals surface area contributed by atoms with Crippen molar-refractivity contribution in [3.63, 3.8) is 0 Å². The van der Waals surface area contributed by atoms with Gasteiger partial charge in [0, 0.05) is 24.8 Å². The molecule has 3 heteroatoms. The summed E-state index contributed by atoms with van der Waals surface area (Å²) in [4.78, 5) is 14.6. The van der Waals surface area contributed by atoms with Crippen LogP contribution in [-0.4, -0.2) is 29.2 Å². The Labute approximate surface area is 132 Å². The van der Waals surface area contributed by atoms with Crippen molar-refractivity contribution in [1.82, 2.24) is 4.90 Å². The van der Waals surface area contributed by atoms with Gasteiger partial charge in [-0.25, -0.2) is 0 Å². The zero-order chi connectivity index (χ0) is 14.6. The average Bonchev–Trinajstić information content (AvgIpc) is 2.63. The number of rotatable bonds is 4. The fourth-order valence-corrected chi connectivity index (χ4v) is 4.67. The summed E-state index contributed by atoms with van der Waals surface area (Å²) in [5, 5.41) is 1.05. The first-order valence-corrected chi connectivity index (χ1v) is 9.52. The molecule has 20 heavy (non-hydrogen) atoms. The van der Waals surface area contributed by atoms with E-state index in [1.165, 1.54) is 38.5 Å². The number of hydrogen-bond acceptors (Lipinski definition) is 1. The molecule has 1 aliphatic carbocycles. The van der Waals surface area contributed by atoms with E-state index in [2.05, 4.69) is 34.7 Å². The van der Waals surface area contributed by atoms with Crippen LogP contribution in [0.2, 0.25) is 0 Å². The molecule has 2 aliphatic rings. The molecule has 2 fully saturated rings. The number of amides is 1. The largest absolute Gasteiger partial charge is 0.342 e. The first-order chi connectivity index (χ1) is 9.56. The molecule has 0 radical (unpaired) electrons. The van der Waals surface area contributed by atoms with Crippen molar-refractivity contribution in [1.29, 1.82) is 0 Å². The number of likely N-dealkylation sites (tertiary alicyclic amines) is 1. The molecule has 1 unspecified atom stereocenters. The summed E-state index contributed by atoms with van der Waals surface area (Å²) >= 11 is 3.73. The van der Waals surface area contributed by atoms with Crippen LogP contribution in [0.3, 0.4) is 0 Å². The van der Waals surface area contributed by atoms with E-state index in [1.54, 1.807) is 0 Å². The molecule has 0 bridgehead atoms. The van der Waals surface area contributed by atoms with Gasteiger partial charge in [0.25, 0.3) is 0 Å². The van der Waals surface area contributed by atoms with Crippen LogP contribution in [0, 0.1) is 17.3 Å². The standard InChI is InChI=1S/C17H30BrNO/c1-14(2)15-6-7-16(20)19(11-8-15)13-17(12-18)9-4-3-5-10-17/h14-15H,3-13H2,1-2H3. The first kappa shape index (κ1) is 16.3. The van der Waals surface area contributed by atoms with Gasteiger partial charge in [-0.1, -0.05) is 49.0 Å². The van der Waals surface area contributed by atoms with Crippen molar-refractivity contribution < 1.29 is 4.79 Å². The summed E-state index contributed by atoms with van der Waals surface area (Å²) in [7, 11) is 0. The summed E-state index contributed by atoms with van der Waals surface area (Å²) in [5.41, 5.74) is 0.353. The number of halogens is 1. The van der Waals surface area contributed by atoms with E-state index in [0.717, 1.165) is 37.2 Å². The number of carbonyl (C=O) groups excluding carboxylic acids is 1. The third-order valence-corrected chi connectivity index (χ3v) is 6.71. The van der Waals surface area contributed by atoms with Crippen molar-refractivity contribution in [3.05, 3.63) is 0 Å². The first-order valence-electron chi connectivity index (χ1n) is 8.40. The Morgan fingerprint density at radius 2 is 1.95 bits per heavy atom. The van der Waals surface area contributed by atoms with Gasteiger partial charge in [-0.15, -0.1) is 0 Å². The Balaban J connectivity index is 1.98. The molecule has 1 amide bonds. The van der Waals surface area contributed by atoms with Crippen molar-refractivity contribution >= 4 is 21.8 Å². The zero-order valence-electron chi connectivity index (χ0n) is 13.2. The van der Waals surface area contributed by atoms with Gasteiger partial charge >= 0.3 is 0 Å². The third-order valence-electron chi connectivity index (χ3n) is 5.52. The van der Waals surface area contributed by atoms with Crippen LogP contribution in [-0.2, 0) is 4.79 Å². The molecule has 1 atom stereocenters. The van der Waals surface area contributed by atoms with Gasteiger partial charge in [0.1, 0.15) is 0 Å². The van der Waals surface area contributed by atoms with Gasteiger partial charge in [0.15, 0.2) is 0 Å². The maximum absolute atomic E-state index is 12.4. The van der Waals surface area contributed by atoms with E-state index in [0.29, 0.717) is 17.2 Å². The smallest absolute Gasteiger partial charge is 0.222 e. The van der Waals surface area contributed by atoms with Crippen molar-refractivity contribution in [2.45, 2.75) is 65.2 Å². The highest BCUT2D eigenvalue weighted by Gasteiger charge is 2.35. The maximum atomic E-state index is 12.4. The van der Waals surface area contributed by atoms with E-state index in [4.69, 9.17) is 0 Å². The lowest BCUT2D eigenvalue weighted by Gasteiger charge is -2.40. The molecule has 1 aliphatic heterocycles. The van der Waals surface area contributed by atoms with Gasteiger partial charge in [0.2, 0.25) is 5.91 Å². The molecule has 1 saturated heterocycles. The zero-order valence-corrected chi connectivity index (χ0v) is 14.8. The highest BCUT2D eigenvalue weighted by atomic mass is 79.9. The monoisotopic (exact) mass is 343 g/mol. The minimum atomic E-state index is 0.353. The van der Waals surface area contributed by atoms with Crippen LogP contribution in [0.25, 0.3) is 0 Å². The molecular formula is C17H30BrNO. The Morgan fingerprint density at radius 3 is 2.55 bits per heavy atom. The van der Waals surface area contributed by atoms with E-state index in [1.807, 2.05) is 0 Å². The fourth-order valence-electron chi connectivity index (χ4n) is 3.93. The molecule has 0 N–H and O–H groups in total. The fraction of sp³-hybridized carbons (Fsp3) is 0.941. The average molecular weight is 344 g/mol. The lowest BCUT2D eigenvalue weighted by atomic mass is 9.75. The lowest BCUT2D eigenvalue weighted by Crippen LogP contribution is -2.43. The molecule has 2 rings (SSSR count). The van der Waals surface area contributed by atoms with Gasteiger partial charge in [-0.05, 0) is 42.9 Å². The van der Waals surface area contributed by atoms with E-state index in [9.17, 15) is 4.79 Å². The Kier molecular flexibility index (Phi) is 5.95. The second-order valence-electron chi connectivity index (χ2n) is 7.34. The predicted octanol–water partition coefficient (Wildman–Crippen LogP) is 4.62. The van der Waals surface area contributed by atoms with E-state index >= 15 is 0 Å². The number of nitrogens with zero attached hydrogens (tertiary/aromatic N) is 1. The normalized spacial score (nSPS) is 27.7. The summed E-state index contributed by atoms with van der Waals surface area (Å²) < 4.78 is 0. The Hall–Kier alpha value is -0.0500. The van der Waals surface area contributed by atoms with Gasteiger partial charge in [-0.3, -0.25) is 4.79 Å². The van der Waals surface area contributed by atoms with Crippen LogP contribution < -0.4 is 0 Å². The van der Waals surface area contributed by atoms with Crippen LogP contribution in [0.15, 0.2) is 0 Å². The topological polar surface area (TPSA) is 20.3 Å². The minimum absolute atomic E-state index is 0.353. The second kappa shape index (κ2) is 7.29. The number of alkyl halides is 1. The summed E-state index contributed by atoms with van der Waals surface area (Å²) in [6.07, 6.45) is 9.67. The molecule has 1 saturated carbocycles. The van der Waals surface area contributed by atoms with Crippen molar-refractivity contribution in [2.24, 2.45) is 17.3 Å². The lowest BCUT2D eigenvalue weighted by molar-refractivity contribution is -0.132. The summed E-state index contributed by atoms with van der Waals surface area (Å²) in [6, 6.07) is 0. The van der Waals surface area contributed by atoms with Crippen LogP contribution in [0.4, 0.5) is 0 Å². The van der Waals surface area contributed by atoms with Crippen LogP contribution in [0.5, 0.6) is 0 Å².